The number of halogens is 1. The van der Waals surface area contributed by atoms with Gasteiger partial charge in [-0.15, -0.1) is 0 Å². The predicted molar refractivity (Wildman–Crippen MR) is 107 cm³/mol. The first-order chi connectivity index (χ1) is 13.5. The largest absolute Gasteiger partial charge is 0.366 e. The molecule has 0 aliphatic heterocycles. The van der Waals surface area contributed by atoms with Crippen molar-refractivity contribution in [1.82, 2.24) is 4.98 Å². The highest BCUT2D eigenvalue weighted by Crippen LogP contribution is 2.32. The topological polar surface area (TPSA) is 162 Å². The molecule has 0 saturated carbocycles. The summed E-state index contributed by atoms with van der Waals surface area (Å²) >= 11 is 6.98. The average molecular weight is 455 g/mol. The zero-order chi connectivity index (χ0) is 21.5. The third kappa shape index (κ3) is 4.04. The van der Waals surface area contributed by atoms with Crippen molar-refractivity contribution >= 4 is 65.6 Å². The molecule has 3 aromatic rings. The van der Waals surface area contributed by atoms with Gasteiger partial charge in [0.2, 0.25) is 5.91 Å². The Balaban J connectivity index is 2.03. The summed E-state index contributed by atoms with van der Waals surface area (Å²) in [6.07, 6.45) is 1.06. The van der Waals surface area contributed by atoms with Gasteiger partial charge in [-0.25, -0.2) is 13.4 Å². The molecule has 0 aliphatic rings. The predicted octanol–water partition coefficient (Wildman–Crippen LogP) is 2.61. The number of hydrogen-bond donors (Lipinski definition) is 2. The maximum atomic E-state index is 12.7. The van der Waals surface area contributed by atoms with E-state index in [9.17, 15) is 28.1 Å². The minimum Gasteiger partial charge on any atom is -0.366 e. The van der Waals surface area contributed by atoms with E-state index in [2.05, 4.69) is 10.3 Å². The highest BCUT2D eigenvalue weighted by atomic mass is 35.5. The molecule has 0 unspecified atom stereocenters. The number of nitrogens with two attached hydrogens (primary N) is 1. The number of hydrogen-bond acceptors (Lipinski definition) is 8. The van der Waals surface area contributed by atoms with Gasteiger partial charge in [-0.05, 0) is 24.3 Å². The zero-order valence-electron chi connectivity index (χ0n) is 14.5. The van der Waals surface area contributed by atoms with E-state index in [0.717, 1.165) is 29.7 Å². The second-order valence-electron chi connectivity index (χ2n) is 5.82. The number of nitro groups is 1. The maximum absolute atomic E-state index is 12.7. The van der Waals surface area contributed by atoms with E-state index in [0.29, 0.717) is 10.2 Å². The summed E-state index contributed by atoms with van der Waals surface area (Å²) in [5, 5.41) is 13.3. The second kappa shape index (κ2) is 7.39. The number of carbonyl (C=O) groups excluding carboxylic acids is 2. The number of amides is 2. The first kappa shape index (κ1) is 20.6. The summed E-state index contributed by atoms with van der Waals surface area (Å²) in [6.45, 7) is 0. The van der Waals surface area contributed by atoms with Gasteiger partial charge < -0.3 is 5.73 Å². The molecule has 13 heteroatoms. The summed E-state index contributed by atoms with van der Waals surface area (Å²) in [4.78, 5) is 38.8. The van der Waals surface area contributed by atoms with Crippen molar-refractivity contribution in [3.8, 4) is 0 Å². The molecule has 150 valence electrons. The van der Waals surface area contributed by atoms with Crippen LogP contribution in [0.2, 0.25) is 5.02 Å². The van der Waals surface area contributed by atoms with Crippen molar-refractivity contribution in [2.75, 3.05) is 11.6 Å². The number of aromatic nitrogens is 1. The van der Waals surface area contributed by atoms with E-state index >= 15 is 0 Å². The lowest BCUT2D eigenvalue weighted by molar-refractivity contribution is -0.385. The third-order valence-electron chi connectivity index (χ3n) is 3.82. The minimum atomic E-state index is -3.43. The van der Waals surface area contributed by atoms with Gasteiger partial charge in [-0.3, -0.25) is 25.0 Å². The number of anilines is 1. The van der Waals surface area contributed by atoms with Crippen LogP contribution < -0.4 is 11.1 Å². The molecule has 3 rings (SSSR count). The van der Waals surface area contributed by atoms with Crippen LogP contribution in [0.4, 0.5) is 10.8 Å². The molecule has 0 saturated heterocycles. The first-order valence-electron chi connectivity index (χ1n) is 7.67. The molecule has 10 nitrogen and oxygen atoms in total. The van der Waals surface area contributed by atoms with Gasteiger partial charge in [0.15, 0.2) is 15.0 Å². The fourth-order valence-electron chi connectivity index (χ4n) is 2.47. The third-order valence-corrected chi connectivity index (χ3v) is 6.25. The Kier molecular flexibility index (Phi) is 5.26. The lowest BCUT2D eigenvalue weighted by atomic mass is 10.1. The molecule has 1 heterocycles. The van der Waals surface area contributed by atoms with Crippen molar-refractivity contribution in [3.05, 3.63) is 56.6 Å². The van der Waals surface area contributed by atoms with Gasteiger partial charge in [0, 0.05) is 12.3 Å². The number of primary amides is 1. The quantitative estimate of drug-likeness (QED) is 0.442. The number of benzene rings is 2. The number of fused-ring (bicyclic) bond motifs is 1. The molecule has 0 spiro atoms. The number of sulfone groups is 1. The Morgan fingerprint density at radius 3 is 2.55 bits per heavy atom. The molecular weight excluding hydrogens is 444 g/mol. The molecule has 29 heavy (non-hydrogen) atoms. The van der Waals surface area contributed by atoms with Crippen LogP contribution in [0.25, 0.3) is 10.2 Å². The van der Waals surface area contributed by atoms with E-state index < -0.39 is 42.8 Å². The number of carbonyl (C=O) groups is 2. The normalized spacial score (nSPS) is 11.4. The molecule has 0 aliphatic carbocycles. The fourth-order valence-corrected chi connectivity index (χ4v) is 4.43. The van der Waals surface area contributed by atoms with Gasteiger partial charge in [-0.1, -0.05) is 22.9 Å². The molecule has 2 amide bonds. The van der Waals surface area contributed by atoms with Gasteiger partial charge in [0.1, 0.15) is 5.56 Å². The SMILES string of the molecule is CS(=O)(=O)c1ccc2nc(NC(=O)c3c([N+](=O)[O-])ccc(C(N)=O)c3Cl)sc2c1. The Hall–Kier alpha value is -3.09. The molecule has 0 atom stereocenters. The smallest absolute Gasteiger partial charge is 0.283 e. The van der Waals surface area contributed by atoms with Crippen LogP contribution in [0.15, 0.2) is 35.2 Å². The van der Waals surface area contributed by atoms with E-state index in [1.165, 1.54) is 18.2 Å². The van der Waals surface area contributed by atoms with Crippen LogP contribution in [0.5, 0.6) is 0 Å². The number of nitrogens with zero attached hydrogens (tertiary/aromatic N) is 2. The van der Waals surface area contributed by atoms with Crippen molar-refractivity contribution in [2.45, 2.75) is 4.90 Å². The van der Waals surface area contributed by atoms with Crippen molar-refractivity contribution in [3.63, 3.8) is 0 Å². The van der Waals surface area contributed by atoms with Crippen LogP contribution in [-0.2, 0) is 9.84 Å². The van der Waals surface area contributed by atoms with E-state index in [-0.39, 0.29) is 15.6 Å². The van der Waals surface area contributed by atoms with E-state index in [4.69, 9.17) is 17.3 Å². The molecule has 0 fully saturated rings. The Labute approximate surface area is 172 Å². The average Bonchev–Trinajstić information content (AvgIpc) is 3.01. The van der Waals surface area contributed by atoms with Gasteiger partial charge >= 0.3 is 0 Å². The van der Waals surface area contributed by atoms with Crippen LogP contribution in [0.3, 0.4) is 0 Å². The fraction of sp³-hybridized carbons (Fsp3) is 0.0625. The standard InChI is InChI=1S/C16H11ClN4O6S2/c1-29(26,27)7-2-4-9-11(6-7)28-16(19-9)20-15(23)12-10(21(24)25)5-3-8(13(12)17)14(18)22/h2-6H,1H3,(H2,18,22)(H,19,20,23). The molecule has 2 aromatic carbocycles. The summed E-state index contributed by atoms with van der Waals surface area (Å²) in [7, 11) is -3.43. The molecule has 1 aromatic heterocycles. The number of thiazole rings is 1. The molecule has 0 bridgehead atoms. The lowest BCUT2D eigenvalue weighted by Crippen LogP contribution is -2.18. The molecule has 3 N–H and O–H groups in total. The Bertz CT molecular complexity index is 1300. The Morgan fingerprint density at radius 2 is 1.97 bits per heavy atom. The van der Waals surface area contributed by atoms with Crippen molar-refractivity contribution in [2.24, 2.45) is 5.73 Å². The van der Waals surface area contributed by atoms with Crippen molar-refractivity contribution in [1.29, 1.82) is 0 Å². The van der Waals surface area contributed by atoms with Crippen LogP contribution in [0, 0.1) is 10.1 Å². The second-order valence-corrected chi connectivity index (χ2v) is 9.24. The lowest BCUT2D eigenvalue weighted by Gasteiger charge is -2.08. The van der Waals surface area contributed by atoms with Gasteiger partial charge in [-0.2, -0.15) is 0 Å². The number of nitro benzene ring substituents is 1. The highest BCUT2D eigenvalue weighted by molar-refractivity contribution is 7.90. The van der Waals surface area contributed by atoms with Crippen LogP contribution in [0.1, 0.15) is 20.7 Å². The Morgan fingerprint density at radius 1 is 1.28 bits per heavy atom. The monoisotopic (exact) mass is 454 g/mol. The summed E-state index contributed by atoms with van der Waals surface area (Å²) in [5.74, 6) is -1.92. The van der Waals surface area contributed by atoms with Gasteiger partial charge in [0.05, 0.1) is 30.6 Å². The number of nitrogens with one attached hydrogen (secondary N) is 1. The van der Waals surface area contributed by atoms with E-state index in [1.54, 1.807) is 0 Å². The number of rotatable bonds is 5. The maximum Gasteiger partial charge on any atom is 0.283 e. The van der Waals surface area contributed by atoms with Crippen LogP contribution in [-0.4, -0.2) is 36.4 Å². The summed E-state index contributed by atoms with van der Waals surface area (Å²) in [6, 6.07) is 6.27. The van der Waals surface area contributed by atoms with Crippen LogP contribution >= 0.6 is 22.9 Å². The minimum absolute atomic E-state index is 0.0606. The van der Waals surface area contributed by atoms with Crippen molar-refractivity contribution < 1.29 is 22.9 Å². The molecule has 0 radical (unpaired) electrons. The molecular formula is C16H11ClN4O6S2. The van der Waals surface area contributed by atoms with Gasteiger partial charge in [0.25, 0.3) is 11.6 Å². The zero-order valence-corrected chi connectivity index (χ0v) is 16.9. The first-order valence-corrected chi connectivity index (χ1v) is 10.8. The summed E-state index contributed by atoms with van der Waals surface area (Å²) in [5.41, 5.74) is 4.20. The summed E-state index contributed by atoms with van der Waals surface area (Å²) < 4.78 is 23.8. The highest BCUT2D eigenvalue weighted by Gasteiger charge is 2.28. The van der Waals surface area contributed by atoms with E-state index in [1.807, 2.05) is 0 Å².